The summed E-state index contributed by atoms with van der Waals surface area (Å²) >= 11 is -0.556. The zero-order valence-corrected chi connectivity index (χ0v) is 24.5. The third kappa shape index (κ3) is 7.94. The van der Waals surface area contributed by atoms with Gasteiger partial charge >= 0.3 is 35.6 Å². The van der Waals surface area contributed by atoms with Crippen molar-refractivity contribution in [3.05, 3.63) is 47.0 Å². The molecule has 2 rings (SSSR count). The standard InChI is InChI=1S/C25H38NOP.2ClH.Ti/c1-10-26(11-2)20-14-12-13-17(3)23(20)28-21-16-18(24(4,5)6)15-19(22(21)27)25(7,8)9;;;/h12-16,27-28H,10-11H2,1-9H3;2*1H;/q;;;+2/p-2. The van der Waals surface area contributed by atoms with Crippen LogP contribution < -0.4 is 15.5 Å². The minimum atomic E-state index is -0.556. The van der Waals surface area contributed by atoms with E-state index >= 15 is 0 Å². The Morgan fingerprint density at radius 3 is 1.97 bits per heavy atom. The number of rotatable bonds is 5. The molecule has 172 valence electrons. The van der Waals surface area contributed by atoms with Gasteiger partial charge in [0.15, 0.2) is 0 Å². The van der Waals surface area contributed by atoms with Crippen LogP contribution in [-0.2, 0) is 27.9 Å². The summed E-state index contributed by atoms with van der Waals surface area (Å²) in [6.07, 6.45) is 0. The molecular formula is C25H38Cl2NOPTi. The molecule has 0 radical (unpaired) electrons. The molecule has 0 aliphatic carbocycles. The van der Waals surface area contributed by atoms with E-state index in [4.69, 9.17) is 18.6 Å². The van der Waals surface area contributed by atoms with Gasteiger partial charge in [-0.05, 0) is 54.9 Å². The summed E-state index contributed by atoms with van der Waals surface area (Å²) < 4.78 is 0. The van der Waals surface area contributed by atoms with Gasteiger partial charge in [0.2, 0.25) is 0 Å². The number of anilines is 1. The zero-order chi connectivity index (χ0) is 24.0. The number of phenols is 1. The van der Waals surface area contributed by atoms with Crippen LogP contribution in [0.15, 0.2) is 30.3 Å². The van der Waals surface area contributed by atoms with Gasteiger partial charge in [0.25, 0.3) is 0 Å². The topological polar surface area (TPSA) is 23.5 Å². The van der Waals surface area contributed by atoms with E-state index in [1.54, 1.807) is 0 Å². The number of phenolic OH excluding ortho intramolecular Hbond substituents is 1. The van der Waals surface area contributed by atoms with E-state index in [-0.39, 0.29) is 10.8 Å². The third-order valence-electron chi connectivity index (χ3n) is 5.40. The summed E-state index contributed by atoms with van der Waals surface area (Å²) in [4.78, 5) is 2.41. The first-order valence-electron chi connectivity index (χ1n) is 10.8. The maximum atomic E-state index is 11.2. The molecule has 2 aromatic rings. The summed E-state index contributed by atoms with van der Waals surface area (Å²) in [5, 5.41) is 13.6. The Balaban J connectivity index is 0.00000151. The van der Waals surface area contributed by atoms with E-state index in [1.165, 1.54) is 22.1 Å². The van der Waals surface area contributed by atoms with Crippen LogP contribution in [0, 0.1) is 6.92 Å². The van der Waals surface area contributed by atoms with Crippen LogP contribution in [-0.4, -0.2) is 18.2 Å². The van der Waals surface area contributed by atoms with E-state index in [0.29, 0.717) is 14.3 Å². The van der Waals surface area contributed by atoms with Crippen molar-refractivity contribution >= 4 is 43.5 Å². The summed E-state index contributed by atoms with van der Waals surface area (Å²) in [6, 6.07) is 11.0. The van der Waals surface area contributed by atoms with Crippen molar-refractivity contribution in [2.75, 3.05) is 18.0 Å². The van der Waals surface area contributed by atoms with E-state index < -0.39 is 17.0 Å². The van der Waals surface area contributed by atoms with Gasteiger partial charge < -0.3 is 10.0 Å². The SMILES string of the molecule is CCN(CC)c1cccc(C)c1Pc1cc(C(C)(C)C)cc(C(C)(C)C)c1O.[Cl][Ti][Cl]. The Labute approximate surface area is 208 Å². The predicted octanol–water partition coefficient (Wildman–Crippen LogP) is 7.15. The van der Waals surface area contributed by atoms with E-state index in [0.717, 1.165) is 24.0 Å². The van der Waals surface area contributed by atoms with Crippen molar-refractivity contribution in [3.63, 3.8) is 0 Å². The molecule has 0 amide bonds. The molecule has 1 atom stereocenters. The Kier molecular flexibility index (Phi) is 11.4. The van der Waals surface area contributed by atoms with Crippen molar-refractivity contribution in [2.45, 2.75) is 73.1 Å². The molecule has 0 aliphatic rings. The van der Waals surface area contributed by atoms with Crippen molar-refractivity contribution in [3.8, 4) is 5.75 Å². The first kappa shape index (κ1) is 28.8. The average molecular weight is 518 g/mol. The second kappa shape index (κ2) is 12.3. The molecule has 6 heteroatoms. The van der Waals surface area contributed by atoms with Crippen molar-refractivity contribution in [1.29, 1.82) is 0 Å². The van der Waals surface area contributed by atoms with Crippen molar-refractivity contribution < 1.29 is 22.1 Å². The number of aryl methyl sites for hydroxylation is 1. The Morgan fingerprint density at radius 2 is 1.52 bits per heavy atom. The second-order valence-corrected chi connectivity index (χ2v) is 13.6. The molecule has 2 aromatic carbocycles. The van der Waals surface area contributed by atoms with Gasteiger partial charge in [-0.3, -0.25) is 0 Å². The number of halogens is 2. The molecule has 0 bridgehead atoms. The van der Waals surface area contributed by atoms with Crippen molar-refractivity contribution in [2.24, 2.45) is 0 Å². The van der Waals surface area contributed by atoms with Crippen LogP contribution in [0.1, 0.15) is 72.1 Å². The van der Waals surface area contributed by atoms with Crippen LogP contribution >= 0.6 is 27.2 Å². The Hall–Kier alpha value is -0.236. The molecule has 1 unspecified atom stereocenters. The van der Waals surface area contributed by atoms with Gasteiger partial charge in [-0.1, -0.05) is 68.3 Å². The van der Waals surface area contributed by atoms with Gasteiger partial charge in [0.1, 0.15) is 5.75 Å². The molecule has 31 heavy (non-hydrogen) atoms. The van der Waals surface area contributed by atoms with E-state index in [2.05, 4.69) is 97.5 Å². The zero-order valence-electron chi connectivity index (χ0n) is 20.5. The fourth-order valence-electron chi connectivity index (χ4n) is 3.51. The summed E-state index contributed by atoms with van der Waals surface area (Å²) in [5.74, 6) is 0.465. The number of benzene rings is 2. The summed E-state index contributed by atoms with van der Waals surface area (Å²) in [5.41, 5.74) is 4.86. The molecule has 2 nitrogen and oxygen atoms in total. The Morgan fingerprint density at radius 1 is 0.968 bits per heavy atom. The maximum absolute atomic E-state index is 11.2. The molecule has 0 spiro atoms. The molecule has 0 saturated heterocycles. The molecule has 0 aromatic heterocycles. The van der Waals surface area contributed by atoms with Gasteiger partial charge in [-0.15, -0.1) is 0 Å². The molecule has 0 heterocycles. The monoisotopic (exact) mass is 517 g/mol. The normalized spacial score (nSPS) is 12.0. The predicted molar refractivity (Wildman–Crippen MR) is 140 cm³/mol. The van der Waals surface area contributed by atoms with Crippen LogP contribution in [0.25, 0.3) is 0 Å². The quantitative estimate of drug-likeness (QED) is 0.336. The second-order valence-electron chi connectivity index (χ2n) is 9.76. The van der Waals surface area contributed by atoms with Crippen molar-refractivity contribution in [1.82, 2.24) is 0 Å². The molecule has 1 N–H and O–H groups in total. The summed E-state index contributed by atoms with van der Waals surface area (Å²) in [7, 11) is 10.2. The molecule has 0 saturated carbocycles. The van der Waals surface area contributed by atoms with E-state index in [9.17, 15) is 5.11 Å². The van der Waals surface area contributed by atoms with Gasteiger partial charge in [0, 0.05) is 34.9 Å². The average Bonchev–Trinajstić information content (AvgIpc) is 2.65. The number of nitrogens with zero attached hydrogens (tertiary/aromatic N) is 1. The molecule has 0 fully saturated rings. The third-order valence-corrected chi connectivity index (χ3v) is 6.95. The molecule has 0 aliphatic heterocycles. The van der Waals surface area contributed by atoms with E-state index in [1.807, 2.05) is 0 Å². The Bertz CT molecular complexity index is 856. The first-order chi connectivity index (χ1) is 14.3. The fourth-order valence-corrected chi connectivity index (χ4v) is 4.91. The minimum absolute atomic E-state index is 0.0420. The van der Waals surface area contributed by atoms with Gasteiger partial charge in [-0.25, -0.2) is 0 Å². The van der Waals surface area contributed by atoms with Gasteiger partial charge in [0.05, 0.1) is 0 Å². The number of hydrogen-bond donors (Lipinski definition) is 1. The van der Waals surface area contributed by atoms with Crippen LogP contribution in [0.5, 0.6) is 5.75 Å². The van der Waals surface area contributed by atoms with Crippen LogP contribution in [0.4, 0.5) is 5.69 Å². The number of aromatic hydroxyl groups is 1. The van der Waals surface area contributed by atoms with Crippen LogP contribution in [0.2, 0.25) is 0 Å². The van der Waals surface area contributed by atoms with Gasteiger partial charge in [-0.2, -0.15) is 0 Å². The van der Waals surface area contributed by atoms with Crippen LogP contribution in [0.3, 0.4) is 0 Å². The molecular weight excluding hydrogens is 480 g/mol. The fraction of sp³-hybridized carbons (Fsp3) is 0.520. The summed E-state index contributed by atoms with van der Waals surface area (Å²) in [6.45, 7) is 21.8. The first-order valence-corrected chi connectivity index (χ1v) is 16.1. The number of hydrogen-bond acceptors (Lipinski definition) is 2.